The number of carboxylic acids is 1. The normalized spacial score (nSPS) is 24.4. The lowest BCUT2D eigenvalue weighted by atomic mass is 9.94. The number of likely N-dealkylation sites (tertiary alicyclic amines) is 1. The fourth-order valence-corrected chi connectivity index (χ4v) is 3.49. The highest BCUT2D eigenvalue weighted by molar-refractivity contribution is 5.76. The maximum atomic E-state index is 12.6. The smallest absolute Gasteiger partial charge is 0.320 e. The highest BCUT2D eigenvalue weighted by Gasteiger charge is 2.32. The van der Waals surface area contributed by atoms with E-state index in [1.807, 2.05) is 11.9 Å². The van der Waals surface area contributed by atoms with Crippen molar-refractivity contribution in [3.05, 3.63) is 0 Å². The highest BCUT2D eigenvalue weighted by atomic mass is 16.4. The van der Waals surface area contributed by atoms with E-state index in [0.29, 0.717) is 12.6 Å². The van der Waals surface area contributed by atoms with E-state index < -0.39 is 5.97 Å². The van der Waals surface area contributed by atoms with E-state index in [1.165, 1.54) is 19.3 Å². The van der Waals surface area contributed by atoms with Gasteiger partial charge in [-0.15, -0.1) is 0 Å². The summed E-state index contributed by atoms with van der Waals surface area (Å²) in [7, 11) is 1.88. The summed E-state index contributed by atoms with van der Waals surface area (Å²) in [5.74, 6) is -0.810. The molecule has 114 valence electrons. The third-order valence-electron chi connectivity index (χ3n) is 4.71. The zero-order valence-electron chi connectivity index (χ0n) is 12.4. The van der Waals surface area contributed by atoms with Crippen molar-refractivity contribution < 1.29 is 14.7 Å². The van der Waals surface area contributed by atoms with Crippen LogP contribution in [0.15, 0.2) is 0 Å². The standard InChI is InChI=1S/C15H26N2O3/c1-16(12-7-3-2-4-8-12)15(20)17-10-6-5-9-13(17)11-14(18)19/h12-13H,2-11H2,1H3,(H,18,19). The van der Waals surface area contributed by atoms with Gasteiger partial charge in [0.1, 0.15) is 0 Å². The van der Waals surface area contributed by atoms with Crippen molar-refractivity contribution in [3.63, 3.8) is 0 Å². The largest absolute Gasteiger partial charge is 0.481 e. The molecule has 0 aromatic rings. The molecule has 1 saturated heterocycles. The van der Waals surface area contributed by atoms with Gasteiger partial charge < -0.3 is 14.9 Å². The molecule has 1 atom stereocenters. The first kappa shape index (κ1) is 15.1. The molecule has 5 nitrogen and oxygen atoms in total. The zero-order valence-corrected chi connectivity index (χ0v) is 12.4. The van der Waals surface area contributed by atoms with Crippen LogP contribution in [0.3, 0.4) is 0 Å². The van der Waals surface area contributed by atoms with Crippen LogP contribution in [-0.2, 0) is 4.79 Å². The summed E-state index contributed by atoms with van der Waals surface area (Å²) in [6, 6.07) is 0.242. The molecule has 0 spiro atoms. The molecule has 2 fully saturated rings. The summed E-state index contributed by atoms with van der Waals surface area (Å²) in [5.41, 5.74) is 0. The molecule has 5 heteroatoms. The van der Waals surface area contributed by atoms with E-state index in [-0.39, 0.29) is 18.5 Å². The molecule has 1 unspecified atom stereocenters. The molecule has 0 bridgehead atoms. The topological polar surface area (TPSA) is 60.9 Å². The quantitative estimate of drug-likeness (QED) is 0.865. The minimum absolute atomic E-state index is 0.0304. The molecule has 1 aliphatic heterocycles. The van der Waals surface area contributed by atoms with Crippen molar-refractivity contribution in [2.75, 3.05) is 13.6 Å². The second kappa shape index (κ2) is 6.95. The number of carbonyl (C=O) groups excluding carboxylic acids is 1. The van der Waals surface area contributed by atoms with E-state index in [2.05, 4.69) is 0 Å². The van der Waals surface area contributed by atoms with E-state index in [0.717, 1.165) is 32.1 Å². The average Bonchev–Trinajstić information content (AvgIpc) is 2.46. The first-order valence-corrected chi connectivity index (χ1v) is 7.85. The average molecular weight is 282 g/mol. The zero-order chi connectivity index (χ0) is 14.5. The summed E-state index contributed by atoms with van der Waals surface area (Å²) >= 11 is 0. The number of urea groups is 1. The van der Waals surface area contributed by atoms with Crippen molar-refractivity contribution in [3.8, 4) is 0 Å². The lowest BCUT2D eigenvalue weighted by Gasteiger charge is -2.40. The molecule has 2 rings (SSSR count). The third-order valence-corrected chi connectivity index (χ3v) is 4.71. The van der Waals surface area contributed by atoms with Crippen molar-refractivity contribution in [1.82, 2.24) is 9.80 Å². The Kier molecular flexibility index (Phi) is 5.26. The minimum Gasteiger partial charge on any atom is -0.481 e. The number of hydrogen-bond acceptors (Lipinski definition) is 2. The Hall–Kier alpha value is -1.26. The number of carbonyl (C=O) groups is 2. The molecular formula is C15H26N2O3. The van der Waals surface area contributed by atoms with Gasteiger partial charge in [-0.25, -0.2) is 4.79 Å². The maximum Gasteiger partial charge on any atom is 0.320 e. The number of aliphatic carboxylic acids is 1. The molecule has 0 radical (unpaired) electrons. The van der Waals surface area contributed by atoms with Gasteiger partial charge >= 0.3 is 12.0 Å². The third kappa shape index (κ3) is 3.64. The van der Waals surface area contributed by atoms with E-state index in [9.17, 15) is 9.59 Å². The number of piperidine rings is 1. The Morgan fingerprint density at radius 1 is 1.10 bits per heavy atom. The lowest BCUT2D eigenvalue weighted by Crippen LogP contribution is -2.52. The van der Waals surface area contributed by atoms with Crippen LogP contribution in [-0.4, -0.2) is 52.6 Å². The van der Waals surface area contributed by atoms with Gasteiger partial charge in [0, 0.05) is 25.7 Å². The van der Waals surface area contributed by atoms with Crippen LogP contribution < -0.4 is 0 Å². The SMILES string of the molecule is CN(C(=O)N1CCCCC1CC(=O)O)C1CCCCC1. The van der Waals surface area contributed by atoms with Crippen molar-refractivity contribution in [2.45, 2.75) is 69.9 Å². The van der Waals surface area contributed by atoms with Gasteiger partial charge in [-0.3, -0.25) is 4.79 Å². The summed E-state index contributed by atoms with van der Waals surface area (Å²) in [6.45, 7) is 0.702. The maximum absolute atomic E-state index is 12.6. The van der Waals surface area contributed by atoms with Crippen LogP contribution in [0.5, 0.6) is 0 Å². The van der Waals surface area contributed by atoms with Crippen molar-refractivity contribution in [1.29, 1.82) is 0 Å². The summed E-state index contributed by atoms with van der Waals surface area (Å²) in [5, 5.41) is 9.00. The van der Waals surface area contributed by atoms with Crippen LogP contribution in [0, 0.1) is 0 Å². The fourth-order valence-electron chi connectivity index (χ4n) is 3.49. The Morgan fingerprint density at radius 3 is 2.40 bits per heavy atom. The van der Waals surface area contributed by atoms with Crippen LogP contribution in [0.1, 0.15) is 57.8 Å². The summed E-state index contributed by atoms with van der Waals surface area (Å²) < 4.78 is 0. The predicted octanol–water partition coefficient (Wildman–Crippen LogP) is 2.70. The monoisotopic (exact) mass is 282 g/mol. The van der Waals surface area contributed by atoms with Gasteiger partial charge in [0.05, 0.1) is 6.42 Å². The molecular weight excluding hydrogens is 256 g/mol. The lowest BCUT2D eigenvalue weighted by molar-refractivity contribution is -0.138. The highest BCUT2D eigenvalue weighted by Crippen LogP contribution is 2.25. The van der Waals surface area contributed by atoms with Gasteiger partial charge in [0.2, 0.25) is 0 Å². The molecule has 1 aliphatic carbocycles. The Bertz CT molecular complexity index is 353. The molecule has 0 aromatic carbocycles. The Labute approximate surface area is 120 Å². The Balaban J connectivity index is 1.98. The first-order valence-electron chi connectivity index (χ1n) is 7.85. The number of hydrogen-bond donors (Lipinski definition) is 1. The van der Waals surface area contributed by atoms with Gasteiger partial charge in [0.25, 0.3) is 0 Å². The van der Waals surface area contributed by atoms with E-state index in [1.54, 1.807) is 4.90 Å². The van der Waals surface area contributed by atoms with Crippen LogP contribution >= 0.6 is 0 Å². The number of carboxylic acid groups (broad SMARTS) is 1. The molecule has 0 aromatic heterocycles. The molecule has 1 heterocycles. The van der Waals surface area contributed by atoms with Gasteiger partial charge in [-0.1, -0.05) is 19.3 Å². The predicted molar refractivity (Wildman–Crippen MR) is 76.6 cm³/mol. The molecule has 1 N–H and O–H groups in total. The summed E-state index contributed by atoms with van der Waals surface area (Å²) in [6.07, 6.45) is 8.72. The van der Waals surface area contributed by atoms with Gasteiger partial charge in [-0.05, 0) is 32.1 Å². The fraction of sp³-hybridized carbons (Fsp3) is 0.867. The number of nitrogens with zero attached hydrogens (tertiary/aromatic N) is 2. The van der Waals surface area contributed by atoms with E-state index >= 15 is 0 Å². The second-order valence-corrected chi connectivity index (χ2v) is 6.13. The Morgan fingerprint density at radius 2 is 1.75 bits per heavy atom. The summed E-state index contributed by atoms with van der Waals surface area (Å²) in [4.78, 5) is 27.3. The minimum atomic E-state index is -0.810. The molecule has 2 amide bonds. The second-order valence-electron chi connectivity index (χ2n) is 6.13. The van der Waals surface area contributed by atoms with Crippen molar-refractivity contribution in [2.24, 2.45) is 0 Å². The van der Waals surface area contributed by atoms with Crippen LogP contribution in [0.4, 0.5) is 4.79 Å². The first-order chi connectivity index (χ1) is 9.59. The van der Waals surface area contributed by atoms with Gasteiger partial charge in [-0.2, -0.15) is 0 Å². The number of rotatable bonds is 3. The van der Waals surface area contributed by atoms with Crippen LogP contribution in [0.2, 0.25) is 0 Å². The van der Waals surface area contributed by atoms with E-state index in [4.69, 9.17) is 5.11 Å². The van der Waals surface area contributed by atoms with Crippen LogP contribution in [0.25, 0.3) is 0 Å². The number of amides is 2. The molecule has 1 saturated carbocycles. The van der Waals surface area contributed by atoms with Crippen molar-refractivity contribution >= 4 is 12.0 Å². The van der Waals surface area contributed by atoms with Gasteiger partial charge in [0.15, 0.2) is 0 Å². The molecule has 20 heavy (non-hydrogen) atoms. The molecule has 2 aliphatic rings.